The molecule has 8 aromatic heterocycles. The summed E-state index contributed by atoms with van der Waals surface area (Å²) in [5.41, 5.74) is 5.72. The fraction of sp³-hybridized carbons (Fsp3) is 0.0896. The maximum Gasteiger partial charge on any atom is 0.343 e. The van der Waals surface area contributed by atoms with Crippen LogP contribution in [0.2, 0.25) is 0 Å². The molecule has 0 bridgehead atoms. The van der Waals surface area contributed by atoms with Crippen LogP contribution in [0.1, 0.15) is 79.7 Å². The molecule has 18 nitrogen and oxygen atoms in total. The van der Waals surface area contributed by atoms with Gasteiger partial charge in [0, 0.05) is 99.7 Å². The van der Waals surface area contributed by atoms with Crippen molar-refractivity contribution in [2.45, 2.75) is 20.8 Å². The minimum absolute atomic E-state index is 0.0378. The molecule has 0 aliphatic heterocycles. The average molecular weight is 1130 g/mol. The molecule has 0 saturated carbocycles. The Labute approximate surface area is 485 Å². The Morgan fingerprint density at radius 2 is 0.847 bits per heavy atom. The molecule has 416 valence electrons. The largest absolute Gasteiger partial charge is 0.462 e. The zero-order chi connectivity index (χ0) is 59.8. The number of carbonyl (C=O) groups excluding carboxylic acids is 3. The standard InChI is InChI=1S/C24H18N3O4.C24H17N3O3.C19H14N2O3/c1-2-31-24(29)21-16-27(23-20(22(21)28)9-4-12-25-23)19-8-3-6-17(14-19)10-11-18-7-5-13-26(30)15-18;1-2-30-24(29)21-16-27(23-20(22(21)28)9-5-13-26-23)19-8-3-6-17(14-19)10-11-18-7-4-12-25-15-18;1-3-13-7-5-8-14(11-13)21-12-16(19(23)24-4-2)17(22)15-9-6-10-20-18(15)21/h3-9,12-16,30H,2H2,1H3;3-9,12-16H,2H2,1H3;1,5-12H,4H2,2H3/q+1;;. The third kappa shape index (κ3) is 13.4. The summed E-state index contributed by atoms with van der Waals surface area (Å²) in [6.07, 6.45) is 21.0. The third-order valence-corrected chi connectivity index (χ3v) is 12.5. The highest BCUT2D eigenvalue weighted by molar-refractivity contribution is 5.95. The van der Waals surface area contributed by atoms with Gasteiger partial charge < -0.3 is 27.9 Å². The second kappa shape index (κ2) is 26.9. The lowest BCUT2D eigenvalue weighted by Crippen LogP contribution is -2.28. The van der Waals surface area contributed by atoms with Crippen LogP contribution in [0.3, 0.4) is 0 Å². The Bertz CT molecular complexity index is 4740. The minimum atomic E-state index is -0.677. The lowest BCUT2D eigenvalue weighted by atomic mass is 10.1. The fourth-order valence-corrected chi connectivity index (χ4v) is 8.61. The molecule has 11 rings (SSSR count). The molecule has 0 fully saturated rings. The number of rotatable bonds is 9. The molecule has 3 aromatic carbocycles. The highest BCUT2D eigenvalue weighted by Gasteiger charge is 2.21. The molecule has 0 saturated heterocycles. The van der Waals surface area contributed by atoms with E-state index in [2.05, 4.69) is 49.5 Å². The molecule has 0 atom stereocenters. The van der Waals surface area contributed by atoms with Gasteiger partial charge in [-0.15, -0.1) is 6.42 Å². The molecule has 18 heteroatoms. The van der Waals surface area contributed by atoms with E-state index < -0.39 is 34.2 Å². The lowest BCUT2D eigenvalue weighted by Gasteiger charge is -2.12. The number of carbonyl (C=O) groups is 3. The smallest absolute Gasteiger partial charge is 0.343 e. The number of pyridine rings is 8. The van der Waals surface area contributed by atoms with E-state index in [0.717, 1.165) is 21.5 Å². The van der Waals surface area contributed by atoms with Crippen molar-refractivity contribution in [2.75, 3.05) is 19.8 Å². The maximum atomic E-state index is 12.8. The number of hydrogen-bond acceptors (Lipinski definition) is 14. The van der Waals surface area contributed by atoms with Crippen LogP contribution in [0, 0.1) is 36.0 Å². The Morgan fingerprint density at radius 1 is 0.482 bits per heavy atom. The normalized spacial score (nSPS) is 10.3. The zero-order valence-corrected chi connectivity index (χ0v) is 45.9. The second-order valence-electron chi connectivity index (χ2n) is 18.0. The molecular formula is C67H49N8O10+. The molecule has 0 spiro atoms. The summed E-state index contributed by atoms with van der Waals surface area (Å²) in [4.78, 5) is 92.0. The Hall–Kier alpha value is -12.1. The molecule has 0 aliphatic rings. The summed E-state index contributed by atoms with van der Waals surface area (Å²) in [5, 5.41) is 10.5. The van der Waals surface area contributed by atoms with E-state index in [1.54, 1.807) is 132 Å². The van der Waals surface area contributed by atoms with Gasteiger partial charge in [-0.2, -0.15) is 0 Å². The van der Waals surface area contributed by atoms with Crippen LogP contribution >= 0.6 is 0 Å². The van der Waals surface area contributed by atoms with Gasteiger partial charge in [0.25, 0.3) is 0 Å². The lowest BCUT2D eigenvalue weighted by molar-refractivity contribution is -0.904. The number of esters is 3. The van der Waals surface area contributed by atoms with Gasteiger partial charge in [-0.1, -0.05) is 47.8 Å². The van der Waals surface area contributed by atoms with Gasteiger partial charge in [0.05, 0.1) is 41.5 Å². The summed E-state index contributed by atoms with van der Waals surface area (Å²) >= 11 is 0. The van der Waals surface area contributed by atoms with E-state index in [1.807, 2.05) is 66.7 Å². The number of benzene rings is 3. The Morgan fingerprint density at radius 3 is 1.24 bits per heavy atom. The minimum Gasteiger partial charge on any atom is -0.462 e. The molecule has 8 heterocycles. The number of ether oxygens (including phenoxy) is 3. The zero-order valence-electron chi connectivity index (χ0n) is 45.9. The molecule has 85 heavy (non-hydrogen) atoms. The topological polar surface area (TPSA) is 221 Å². The van der Waals surface area contributed by atoms with Crippen molar-refractivity contribution in [1.82, 2.24) is 33.6 Å². The van der Waals surface area contributed by atoms with Crippen LogP contribution in [-0.4, -0.2) is 76.6 Å². The van der Waals surface area contributed by atoms with Crippen molar-refractivity contribution in [3.63, 3.8) is 0 Å². The van der Waals surface area contributed by atoms with Crippen LogP contribution in [0.4, 0.5) is 0 Å². The van der Waals surface area contributed by atoms with Crippen LogP contribution in [-0.2, 0) is 14.2 Å². The molecule has 0 amide bonds. The highest BCUT2D eigenvalue weighted by atomic mass is 16.5. The van der Waals surface area contributed by atoms with Gasteiger partial charge >= 0.3 is 17.9 Å². The number of nitrogens with zero attached hydrogens (tertiary/aromatic N) is 8. The number of terminal acetylenes is 1. The van der Waals surface area contributed by atoms with E-state index in [4.69, 9.17) is 20.6 Å². The fourth-order valence-electron chi connectivity index (χ4n) is 8.61. The first-order valence-corrected chi connectivity index (χ1v) is 26.3. The first-order chi connectivity index (χ1) is 41.4. The van der Waals surface area contributed by atoms with Crippen molar-refractivity contribution in [2.24, 2.45) is 0 Å². The van der Waals surface area contributed by atoms with Crippen molar-refractivity contribution < 1.29 is 38.5 Å². The predicted octanol–water partition coefficient (Wildman–Crippen LogP) is 8.39. The SMILES string of the molecule is C#Cc1cccc(-n2cc(C(=O)OCC)c(=O)c3cccnc32)c1.CCOC(=O)c1cn(-c2cccc(C#Cc3ccc[n+](O)c3)c2)c2ncccc2c1=O.CCOC(=O)c1cn(-c2cccc(C#Cc3cccnc3)c2)c2ncccc2c1=O. The van der Waals surface area contributed by atoms with Crippen molar-refractivity contribution >= 4 is 51.0 Å². The number of hydrogen-bond donors (Lipinski definition) is 1. The second-order valence-corrected chi connectivity index (χ2v) is 18.0. The molecule has 0 radical (unpaired) electrons. The van der Waals surface area contributed by atoms with Gasteiger partial charge in [-0.3, -0.25) is 24.6 Å². The van der Waals surface area contributed by atoms with Crippen molar-refractivity contribution in [3.05, 3.63) is 271 Å². The van der Waals surface area contributed by atoms with Crippen LogP contribution in [0.25, 0.3) is 50.2 Å². The predicted molar refractivity (Wildman–Crippen MR) is 318 cm³/mol. The first kappa shape index (κ1) is 57.6. The van der Waals surface area contributed by atoms with Crippen LogP contribution in [0.15, 0.2) is 210 Å². The van der Waals surface area contributed by atoms with Crippen LogP contribution in [0.5, 0.6) is 0 Å². The first-order valence-electron chi connectivity index (χ1n) is 26.3. The quantitative estimate of drug-likeness (QED) is 0.0472. The van der Waals surface area contributed by atoms with E-state index in [1.165, 1.54) is 31.0 Å². The molecular weight excluding hydrogens is 1080 g/mol. The van der Waals surface area contributed by atoms with Gasteiger partial charge in [-0.05, 0) is 130 Å². The van der Waals surface area contributed by atoms with Crippen LogP contribution < -0.4 is 21.0 Å². The Kier molecular flexibility index (Phi) is 18.3. The van der Waals surface area contributed by atoms with Gasteiger partial charge in [0.15, 0.2) is 0 Å². The average Bonchev–Trinajstić information content (AvgIpc) is 2.91. The van der Waals surface area contributed by atoms with E-state index >= 15 is 0 Å². The third-order valence-electron chi connectivity index (χ3n) is 12.5. The summed E-state index contributed by atoms with van der Waals surface area (Å²) in [5.74, 6) is 12.8. The Balaban J connectivity index is 0.000000154. The molecule has 11 aromatic rings. The van der Waals surface area contributed by atoms with Gasteiger partial charge in [-0.25, -0.2) is 29.3 Å². The summed E-state index contributed by atoms with van der Waals surface area (Å²) in [6.45, 7) is 5.62. The van der Waals surface area contributed by atoms with E-state index in [0.29, 0.717) is 61.2 Å². The van der Waals surface area contributed by atoms with E-state index in [-0.39, 0.29) is 36.5 Å². The summed E-state index contributed by atoms with van der Waals surface area (Å²) < 4.78 is 21.1. The van der Waals surface area contributed by atoms with E-state index in [9.17, 15) is 34.0 Å². The van der Waals surface area contributed by atoms with Crippen molar-refractivity contribution in [3.8, 4) is 53.1 Å². The number of fused-ring (bicyclic) bond motifs is 3. The molecule has 0 unspecified atom stereocenters. The summed E-state index contributed by atoms with van der Waals surface area (Å²) in [6, 6.07) is 39.1. The number of aromatic nitrogens is 8. The molecule has 1 N–H and O–H groups in total. The maximum absolute atomic E-state index is 12.8. The monoisotopic (exact) mass is 1130 g/mol. The summed E-state index contributed by atoms with van der Waals surface area (Å²) in [7, 11) is 0. The molecule has 0 aliphatic carbocycles. The van der Waals surface area contributed by atoms with Gasteiger partial charge in [0.1, 0.15) is 33.6 Å². The van der Waals surface area contributed by atoms with Gasteiger partial charge in [0.2, 0.25) is 28.7 Å². The van der Waals surface area contributed by atoms with Crippen molar-refractivity contribution in [1.29, 1.82) is 0 Å². The highest BCUT2D eigenvalue weighted by Crippen LogP contribution is 2.21.